The van der Waals surface area contributed by atoms with Gasteiger partial charge < -0.3 is 10.1 Å². The van der Waals surface area contributed by atoms with Gasteiger partial charge in [-0.15, -0.1) is 0 Å². The van der Waals surface area contributed by atoms with Crippen molar-refractivity contribution in [3.63, 3.8) is 0 Å². The zero-order valence-electron chi connectivity index (χ0n) is 17.1. The summed E-state index contributed by atoms with van der Waals surface area (Å²) in [5, 5.41) is 3.22. The molecule has 1 atom stereocenters. The summed E-state index contributed by atoms with van der Waals surface area (Å²) in [6, 6.07) is 10.3. The number of carbonyl (C=O) groups excluding carboxylic acids is 1. The number of hydrogen-bond acceptors (Lipinski definition) is 2. The number of amides is 1. The number of benzene rings is 2. The lowest BCUT2D eigenvalue weighted by molar-refractivity contribution is 0.0934. The largest absolute Gasteiger partial charge is 0.496 e. The number of carbonyl (C=O) groups is 1. The first-order valence-electron chi connectivity index (χ1n) is 9.35. The molecule has 1 N–H and O–H groups in total. The molecule has 1 amide bonds. The Morgan fingerprint density at radius 3 is 2.27 bits per heavy atom. The van der Waals surface area contributed by atoms with E-state index in [0.717, 1.165) is 28.9 Å². The topological polar surface area (TPSA) is 38.3 Å². The fourth-order valence-electron chi connectivity index (χ4n) is 3.42. The molecule has 0 bridgehead atoms. The van der Waals surface area contributed by atoms with Gasteiger partial charge in [0.05, 0.1) is 13.2 Å². The van der Waals surface area contributed by atoms with E-state index in [-0.39, 0.29) is 11.9 Å². The minimum atomic E-state index is -0.0288. The molecule has 26 heavy (non-hydrogen) atoms. The number of ether oxygens (including phenoxy) is 1. The molecule has 0 fully saturated rings. The van der Waals surface area contributed by atoms with Gasteiger partial charge in [-0.25, -0.2) is 0 Å². The van der Waals surface area contributed by atoms with Crippen molar-refractivity contribution in [1.82, 2.24) is 5.32 Å². The summed E-state index contributed by atoms with van der Waals surface area (Å²) in [5.74, 6) is 1.10. The molecule has 0 radical (unpaired) electrons. The van der Waals surface area contributed by atoms with Crippen molar-refractivity contribution in [2.24, 2.45) is 0 Å². The summed E-state index contributed by atoms with van der Waals surface area (Å²) < 4.78 is 5.49. The molecule has 0 spiro atoms. The Morgan fingerprint density at radius 2 is 1.73 bits per heavy atom. The monoisotopic (exact) mass is 353 g/mol. The van der Waals surface area contributed by atoms with Crippen molar-refractivity contribution in [1.29, 1.82) is 0 Å². The van der Waals surface area contributed by atoms with Crippen molar-refractivity contribution >= 4 is 5.91 Å². The Hall–Kier alpha value is -2.29. The van der Waals surface area contributed by atoms with Crippen LogP contribution < -0.4 is 10.1 Å². The Bertz CT molecular complexity index is 793. The lowest BCUT2D eigenvalue weighted by Crippen LogP contribution is -2.29. The van der Waals surface area contributed by atoms with Crippen molar-refractivity contribution in [3.8, 4) is 5.75 Å². The standard InChI is InChI=1S/C23H31NO2/c1-8-21(18-10-9-15(4)11-16(18)5)24-23(25)20-13-19(14(2)3)22(26-7)12-17(20)6/h9-14,21H,8H2,1-7H3,(H,24,25). The van der Waals surface area contributed by atoms with Gasteiger partial charge in [0.2, 0.25) is 0 Å². The van der Waals surface area contributed by atoms with Gasteiger partial charge in [0.1, 0.15) is 5.75 Å². The van der Waals surface area contributed by atoms with Crippen LogP contribution in [0.1, 0.15) is 77.3 Å². The van der Waals surface area contributed by atoms with Crippen LogP contribution in [0.3, 0.4) is 0 Å². The van der Waals surface area contributed by atoms with Gasteiger partial charge in [-0.3, -0.25) is 4.79 Å². The van der Waals surface area contributed by atoms with Crippen LogP contribution >= 0.6 is 0 Å². The van der Waals surface area contributed by atoms with Gasteiger partial charge in [-0.05, 0) is 67.5 Å². The minimum Gasteiger partial charge on any atom is -0.496 e. The van der Waals surface area contributed by atoms with Crippen LogP contribution in [0.5, 0.6) is 5.75 Å². The maximum Gasteiger partial charge on any atom is 0.252 e. The first-order chi connectivity index (χ1) is 12.3. The summed E-state index contributed by atoms with van der Waals surface area (Å²) in [6.45, 7) is 12.5. The van der Waals surface area contributed by atoms with Crippen LogP contribution in [0.15, 0.2) is 30.3 Å². The highest BCUT2D eigenvalue weighted by Crippen LogP contribution is 2.30. The molecule has 0 aliphatic heterocycles. The number of hydrogen-bond donors (Lipinski definition) is 1. The Kier molecular flexibility index (Phi) is 6.47. The van der Waals surface area contributed by atoms with E-state index in [2.05, 4.69) is 58.1 Å². The predicted octanol–water partition coefficient (Wildman–Crippen LogP) is 5.62. The molecule has 0 saturated heterocycles. The third-order valence-corrected chi connectivity index (χ3v) is 4.96. The van der Waals surface area contributed by atoms with Crippen molar-refractivity contribution < 1.29 is 9.53 Å². The van der Waals surface area contributed by atoms with E-state index >= 15 is 0 Å². The minimum absolute atomic E-state index is 0.00658. The normalized spacial score (nSPS) is 12.2. The zero-order chi connectivity index (χ0) is 19.4. The molecule has 0 heterocycles. The van der Waals surface area contributed by atoms with Crippen molar-refractivity contribution in [3.05, 3.63) is 63.7 Å². The molecule has 2 rings (SSSR count). The SMILES string of the molecule is CCC(NC(=O)c1cc(C(C)C)c(OC)cc1C)c1ccc(C)cc1C. The molecule has 3 nitrogen and oxygen atoms in total. The first kappa shape index (κ1) is 20.0. The third kappa shape index (κ3) is 4.27. The zero-order valence-corrected chi connectivity index (χ0v) is 17.1. The maximum absolute atomic E-state index is 13.0. The average molecular weight is 354 g/mol. The molecule has 0 aliphatic rings. The van der Waals surface area contributed by atoms with Gasteiger partial charge >= 0.3 is 0 Å². The van der Waals surface area contributed by atoms with E-state index in [1.165, 1.54) is 16.7 Å². The molecule has 0 saturated carbocycles. The second kappa shape index (κ2) is 8.39. The quantitative estimate of drug-likeness (QED) is 0.731. The Labute approximate surface area is 157 Å². The van der Waals surface area contributed by atoms with Crippen molar-refractivity contribution in [2.75, 3.05) is 7.11 Å². The molecule has 2 aromatic rings. The van der Waals surface area contributed by atoms with Crippen LogP contribution in [0.2, 0.25) is 0 Å². The fourth-order valence-corrected chi connectivity index (χ4v) is 3.42. The smallest absolute Gasteiger partial charge is 0.252 e. The highest BCUT2D eigenvalue weighted by molar-refractivity contribution is 5.96. The molecule has 140 valence electrons. The summed E-state index contributed by atoms with van der Waals surface area (Å²) in [7, 11) is 1.67. The molecular formula is C23H31NO2. The lowest BCUT2D eigenvalue weighted by Gasteiger charge is -2.22. The van der Waals surface area contributed by atoms with Gasteiger partial charge in [-0.2, -0.15) is 0 Å². The summed E-state index contributed by atoms with van der Waals surface area (Å²) in [5.41, 5.74) is 6.34. The van der Waals surface area contributed by atoms with Crippen LogP contribution in [-0.2, 0) is 0 Å². The fraction of sp³-hybridized carbons (Fsp3) is 0.435. The third-order valence-electron chi connectivity index (χ3n) is 4.96. The lowest BCUT2D eigenvalue weighted by atomic mass is 9.94. The Morgan fingerprint density at radius 1 is 1.04 bits per heavy atom. The number of methoxy groups -OCH3 is 1. The summed E-state index contributed by atoms with van der Waals surface area (Å²) >= 11 is 0. The molecule has 0 aliphatic carbocycles. The van der Waals surface area contributed by atoms with E-state index in [1.54, 1.807) is 7.11 Å². The number of rotatable bonds is 6. The van der Waals surface area contributed by atoms with Crippen molar-refractivity contribution in [2.45, 2.75) is 59.9 Å². The van der Waals surface area contributed by atoms with Gasteiger partial charge in [-0.1, -0.05) is 44.5 Å². The number of nitrogens with one attached hydrogen (secondary N) is 1. The predicted molar refractivity (Wildman–Crippen MR) is 108 cm³/mol. The first-order valence-corrected chi connectivity index (χ1v) is 9.35. The maximum atomic E-state index is 13.0. The average Bonchev–Trinajstić information content (AvgIpc) is 2.59. The molecule has 2 aromatic carbocycles. The van der Waals surface area contributed by atoms with Gasteiger partial charge in [0.25, 0.3) is 5.91 Å². The molecule has 0 aromatic heterocycles. The second-order valence-electron chi connectivity index (χ2n) is 7.36. The molecule has 3 heteroatoms. The van der Waals surface area contributed by atoms with Crippen LogP contribution in [0, 0.1) is 20.8 Å². The summed E-state index contributed by atoms with van der Waals surface area (Å²) in [6.07, 6.45) is 0.849. The molecule has 1 unspecified atom stereocenters. The molecular weight excluding hydrogens is 322 g/mol. The van der Waals surface area contributed by atoms with Gasteiger partial charge in [0.15, 0.2) is 0 Å². The second-order valence-corrected chi connectivity index (χ2v) is 7.36. The highest BCUT2D eigenvalue weighted by atomic mass is 16.5. The summed E-state index contributed by atoms with van der Waals surface area (Å²) in [4.78, 5) is 13.0. The number of aryl methyl sites for hydroxylation is 3. The Balaban J connectivity index is 2.34. The van der Waals surface area contributed by atoms with E-state index < -0.39 is 0 Å². The highest BCUT2D eigenvalue weighted by Gasteiger charge is 2.20. The van der Waals surface area contributed by atoms with Crippen LogP contribution in [-0.4, -0.2) is 13.0 Å². The van der Waals surface area contributed by atoms with E-state index in [1.807, 2.05) is 19.1 Å². The van der Waals surface area contributed by atoms with E-state index in [0.29, 0.717) is 5.92 Å². The van der Waals surface area contributed by atoms with E-state index in [9.17, 15) is 4.79 Å². The van der Waals surface area contributed by atoms with E-state index in [4.69, 9.17) is 4.74 Å². The van der Waals surface area contributed by atoms with Gasteiger partial charge in [0, 0.05) is 5.56 Å². The van der Waals surface area contributed by atoms with Crippen LogP contribution in [0.25, 0.3) is 0 Å². The van der Waals surface area contributed by atoms with Crippen LogP contribution in [0.4, 0.5) is 0 Å².